The van der Waals surface area contributed by atoms with Gasteiger partial charge in [0, 0.05) is 19.5 Å². The lowest BCUT2D eigenvalue weighted by atomic mass is 10.1. The zero-order valence-corrected chi connectivity index (χ0v) is 12.7. The zero-order valence-electron chi connectivity index (χ0n) is 12.7. The van der Waals surface area contributed by atoms with E-state index >= 15 is 0 Å². The van der Waals surface area contributed by atoms with E-state index in [0.29, 0.717) is 19.5 Å². The van der Waals surface area contributed by atoms with Gasteiger partial charge in [-0.05, 0) is 17.5 Å². The maximum Gasteiger partial charge on any atom is 0.220 e. The molecule has 3 heteroatoms. The van der Waals surface area contributed by atoms with Crippen LogP contribution in [0.5, 0.6) is 0 Å². The van der Waals surface area contributed by atoms with Gasteiger partial charge in [0.25, 0.3) is 0 Å². The Hall–Kier alpha value is -1.35. The highest BCUT2D eigenvalue weighted by molar-refractivity contribution is 5.75. The highest BCUT2D eigenvalue weighted by atomic mass is 16.1. The minimum Gasteiger partial charge on any atom is -0.352 e. The van der Waals surface area contributed by atoms with Gasteiger partial charge in [0.2, 0.25) is 5.91 Å². The fourth-order valence-electron chi connectivity index (χ4n) is 2.22. The fraction of sp³-hybridized carbons (Fsp3) is 0.588. The van der Waals surface area contributed by atoms with Crippen LogP contribution in [0.3, 0.4) is 0 Å². The van der Waals surface area contributed by atoms with E-state index < -0.39 is 0 Å². The summed E-state index contributed by atoms with van der Waals surface area (Å²) in [6.45, 7) is 3.36. The molecule has 3 nitrogen and oxygen atoms in total. The molecule has 0 spiro atoms. The molecule has 0 aliphatic rings. The van der Waals surface area contributed by atoms with Crippen molar-refractivity contribution in [3.63, 3.8) is 0 Å². The molecule has 0 saturated heterocycles. The number of carbonyl (C=O) groups excluding carboxylic acids is 1. The molecule has 0 radical (unpaired) electrons. The maximum absolute atomic E-state index is 11.7. The summed E-state index contributed by atoms with van der Waals surface area (Å²) in [6.07, 6.45) is 7.92. The molecule has 0 saturated carbocycles. The molecular formula is C17H28N2O. The summed E-state index contributed by atoms with van der Waals surface area (Å²) < 4.78 is 0. The van der Waals surface area contributed by atoms with E-state index in [1.54, 1.807) is 0 Å². The molecule has 0 fully saturated rings. The topological polar surface area (TPSA) is 55.1 Å². The van der Waals surface area contributed by atoms with Gasteiger partial charge in [-0.3, -0.25) is 4.79 Å². The van der Waals surface area contributed by atoms with Gasteiger partial charge in [-0.15, -0.1) is 0 Å². The predicted molar refractivity (Wildman–Crippen MR) is 84.2 cm³/mol. The van der Waals surface area contributed by atoms with Crippen LogP contribution < -0.4 is 11.1 Å². The molecule has 0 aromatic heterocycles. The molecular weight excluding hydrogens is 248 g/mol. The first kappa shape index (κ1) is 16.7. The molecule has 112 valence electrons. The van der Waals surface area contributed by atoms with E-state index in [4.69, 9.17) is 5.73 Å². The second-order valence-corrected chi connectivity index (χ2v) is 5.32. The molecule has 1 amide bonds. The van der Waals surface area contributed by atoms with Crippen molar-refractivity contribution in [3.8, 4) is 0 Å². The third kappa shape index (κ3) is 7.29. The highest BCUT2D eigenvalue weighted by Gasteiger charge is 2.01. The smallest absolute Gasteiger partial charge is 0.220 e. The monoisotopic (exact) mass is 276 g/mol. The lowest BCUT2D eigenvalue weighted by molar-refractivity contribution is -0.121. The van der Waals surface area contributed by atoms with Gasteiger partial charge < -0.3 is 11.1 Å². The Morgan fingerprint density at radius 1 is 1.10 bits per heavy atom. The van der Waals surface area contributed by atoms with Crippen molar-refractivity contribution in [1.82, 2.24) is 5.32 Å². The molecule has 0 aliphatic heterocycles. The van der Waals surface area contributed by atoms with Gasteiger partial charge in [0.1, 0.15) is 0 Å². The van der Waals surface area contributed by atoms with Gasteiger partial charge in [0.05, 0.1) is 0 Å². The van der Waals surface area contributed by atoms with Crippen LogP contribution in [0.15, 0.2) is 24.3 Å². The SMILES string of the molecule is CCCCCCCCC(=O)NCc1cccc(CN)c1. The molecule has 1 aromatic rings. The van der Waals surface area contributed by atoms with Crippen molar-refractivity contribution in [2.24, 2.45) is 5.73 Å². The molecule has 1 aromatic carbocycles. The second kappa shape index (κ2) is 10.4. The van der Waals surface area contributed by atoms with Crippen molar-refractivity contribution in [3.05, 3.63) is 35.4 Å². The van der Waals surface area contributed by atoms with E-state index in [9.17, 15) is 4.79 Å². The summed E-state index contributed by atoms with van der Waals surface area (Å²) in [6, 6.07) is 8.05. The van der Waals surface area contributed by atoms with Crippen molar-refractivity contribution in [2.75, 3.05) is 0 Å². The average molecular weight is 276 g/mol. The summed E-state index contributed by atoms with van der Waals surface area (Å²) in [4.78, 5) is 11.7. The Kier molecular flexibility index (Phi) is 8.72. The first-order chi connectivity index (χ1) is 9.76. The van der Waals surface area contributed by atoms with Crippen LogP contribution in [0.2, 0.25) is 0 Å². The zero-order chi connectivity index (χ0) is 14.6. The van der Waals surface area contributed by atoms with Gasteiger partial charge in [-0.2, -0.15) is 0 Å². The number of nitrogens with one attached hydrogen (secondary N) is 1. The normalized spacial score (nSPS) is 10.5. The number of hydrogen-bond acceptors (Lipinski definition) is 2. The summed E-state index contributed by atoms with van der Waals surface area (Å²) in [5.74, 6) is 0.152. The van der Waals surface area contributed by atoms with Crippen LogP contribution in [0.1, 0.15) is 63.0 Å². The molecule has 0 atom stereocenters. The number of nitrogens with two attached hydrogens (primary N) is 1. The van der Waals surface area contributed by atoms with Gasteiger partial charge >= 0.3 is 0 Å². The van der Waals surface area contributed by atoms with E-state index in [1.165, 1.54) is 25.7 Å². The number of hydrogen-bond donors (Lipinski definition) is 2. The lowest BCUT2D eigenvalue weighted by Crippen LogP contribution is -2.22. The summed E-state index contributed by atoms with van der Waals surface area (Å²) in [5.41, 5.74) is 7.82. The molecule has 0 heterocycles. The van der Waals surface area contributed by atoms with Gasteiger partial charge in [-0.1, -0.05) is 63.3 Å². The predicted octanol–water partition coefficient (Wildman–Crippen LogP) is 3.51. The molecule has 0 bridgehead atoms. The molecule has 1 rings (SSSR count). The van der Waals surface area contributed by atoms with Crippen molar-refractivity contribution in [1.29, 1.82) is 0 Å². The van der Waals surface area contributed by atoms with Crippen LogP contribution in [-0.2, 0) is 17.9 Å². The van der Waals surface area contributed by atoms with Crippen LogP contribution in [0.4, 0.5) is 0 Å². The first-order valence-electron chi connectivity index (χ1n) is 7.81. The van der Waals surface area contributed by atoms with Crippen LogP contribution in [-0.4, -0.2) is 5.91 Å². The van der Waals surface area contributed by atoms with Crippen LogP contribution >= 0.6 is 0 Å². The molecule has 3 N–H and O–H groups in total. The van der Waals surface area contributed by atoms with Gasteiger partial charge in [0.15, 0.2) is 0 Å². The Bertz CT molecular complexity index is 390. The van der Waals surface area contributed by atoms with Crippen LogP contribution in [0, 0.1) is 0 Å². The summed E-state index contributed by atoms with van der Waals surface area (Å²) in [5, 5.41) is 2.97. The van der Waals surface area contributed by atoms with Gasteiger partial charge in [-0.25, -0.2) is 0 Å². The Morgan fingerprint density at radius 3 is 2.55 bits per heavy atom. The standard InChI is InChI=1S/C17H28N2O/c1-2-3-4-5-6-7-11-17(20)19-14-16-10-8-9-15(12-16)13-18/h8-10,12H,2-7,11,13-14,18H2,1H3,(H,19,20). The number of amides is 1. The Balaban J connectivity index is 2.13. The number of benzene rings is 1. The van der Waals surface area contributed by atoms with E-state index in [2.05, 4.69) is 12.2 Å². The molecule has 0 unspecified atom stereocenters. The third-order valence-electron chi connectivity index (χ3n) is 3.47. The average Bonchev–Trinajstić information content (AvgIpc) is 2.49. The number of unbranched alkanes of at least 4 members (excludes halogenated alkanes) is 5. The largest absolute Gasteiger partial charge is 0.352 e. The number of rotatable bonds is 10. The summed E-state index contributed by atoms with van der Waals surface area (Å²) in [7, 11) is 0. The quantitative estimate of drug-likeness (QED) is 0.642. The molecule has 20 heavy (non-hydrogen) atoms. The van der Waals surface area contributed by atoms with Crippen molar-refractivity contribution >= 4 is 5.91 Å². The number of carbonyl (C=O) groups is 1. The molecule has 0 aliphatic carbocycles. The highest BCUT2D eigenvalue weighted by Crippen LogP contribution is 2.07. The Labute approximate surface area is 122 Å². The van der Waals surface area contributed by atoms with E-state index in [-0.39, 0.29) is 5.91 Å². The first-order valence-corrected chi connectivity index (χ1v) is 7.81. The Morgan fingerprint density at radius 2 is 1.80 bits per heavy atom. The third-order valence-corrected chi connectivity index (χ3v) is 3.47. The maximum atomic E-state index is 11.7. The van der Waals surface area contributed by atoms with Crippen LogP contribution in [0.25, 0.3) is 0 Å². The van der Waals surface area contributed by atoms with Crippen molar-refractivity contribution < 1.29 is 4.79 Å². The second-order valence-electron chi connectivity index (χ2n) is 5.32. The minimum atomic E-state index is 0.152. The van der Waals surface area contributed by atoms with E-state index in [1.807, 2.05) is 24.3 Å². The van der Waals surface area contributed by atoms with E-state index in [0.717, 1.165) is 24.0 Å². The summed E-state index contributed by atoms with van der Waals surface area (Å²) >= 11 is 0. The van der Waals surface area contributed by atoms with Crippen molar-refractivity contribution in [2.45, 2.75) is 65.0 Å². The minimum absolute atomic E-state index is 0.152. The lowest BCUT2D eigenvalue weighted by Gasteiger charge is -2.07. The fourth-order valence-corrected chi connectivity index (χ4v) is 2.22.